The molecule has 138 valence electrons. The van der Waals surface area contributed by atoms with Crippen molar-refractivity contribution in [1.29, 1.82) is 0 Å². The number of hydrogen-bond donors (Lipinski definition) is 1. The molecule has 0 saturated heterocycles. The topological polar surface area (TPSA) is 66.1 Å². The molecule has 1 aromatic heterocycles. The highest BCUT2D eigenvalue weighted by Gasteiger charge is 2.12. The third kappa shape index (κ3) is 4.38. The number of fused-ring (bicyclic) bond motifs is 1. The predicted molar refractivity (Wildman–Crippen MR) is 109 cm³/mol. The number of benzene rings is 2. The second-order valence-electron chi connectivity index (χ2n) is 5.86. The largest absolute Gasteiger partial charge is 0.332 e. The number of halogens is 2. The monoisotopic (exact) mass is 401 g/mol. The minimum atomic E-state index is -0.222. The SMILES string of the molecule is CCN(Cc1nc2ccccc2c(=O)[nH]1)C(=O)/C=C/c1cccc(Cl)c1Cl. The standard InChI is InChI=1S/C20H17Cl2N3O2/c1-2-25(18(26)11-10-13-6-5-8-15(21)19(13)22)12-17-23-16-9-4-3-7-14(16)20(27)24-17/h3-11H,2,12H2,1H3,(H,23,24,27)/b11-10+. The molecule has 7 heteroatoms. The van der Waals surface area contributed by atoms with Gasteiger partial charge in [-0.25, -0.2) is 4.98 Å². The predicted octanol–water partition coefficient (Wildman–Crippen LogP) is 4.29. The van der Waals surface area contributed by atoms with Crippen molar-refractivity contribution in [3.8, 4) is 0 Å². The van der Waals surface area contributed by atoms with Gasteiger partial charge in [-0.2, -0.15) is 0 Å². The fourth-order valence-electron chi connectivity index (χ4n) is 2.65. The number of nitrogens with one attached hydrogen (secondary N) is 1. The van der Waals surface area contributed by atoms with Crippen LogP contribution in [0.15, 0.2) is 53.3 Å². The molecular formula is C20H17Cl2N3O2. The minimum Gasteiger partial charge on any atom is -0.332 e. The van der Waals surface area contributed by atoms with Gasteiger partial charge in [0.15, 0.2) is 0 Å². The van der Waals surface area contributed by atoms with E-state index in [1.165, 1.54) is 6.08 Å². The maximum atomic E-state index is 12.5. The minimum absolute atomic E-state index is 0.197. The van der Waals surface area contributed by atoms with E-state index in [-0.39, 0.29) is 18.0 Å². The highest BCUT2D eigenvalue weighted by atomic mass is 35.5. The van der Waals surface area contributed by atoms with Crippen LogP contribution >= 0.6 is 23.2 Å². The number of carbonyl (C=O) groups is 1. The van der Waals surface area contributed by atoms with E-state index in [2.05, 4.69) is 9.97 Å². The lowest BCUT2D eigenvalue weighted by atomic mass is 10.2. The molecule has 0 unspecified atom stereocenters. The molecule has 0 radical (unpaired) electrons. The van der Waals surface area contributed by atoms with Crippen LogP contribution in [0.1, 0.15) is 18.3 Å². The van der Waals surface area contributed by atoms with E-state index in [0.717, 1.165) is 0 Å². The number of likely N-dealkylation sites (N-methyl/N-ethyl adjacent to an activating group) is 1. The van der Waals surface area contributed by atoms with Crippen LogP contribution in [0.25, 0.3) is 17.0 Å². The number of para-hydroxylation sites is 1. The van der Waals surface area contributed by atoms with Crippen molar-refractivity contribution in [2.24, 2.45) is 0 Å². The lowest BCUT2D eigenvalue weighted by Gasteiger charge is -2.18. The molecule has 1 amide bonds. The van der Waals surface area contributed by atoms with Gasteiger partial charge >= 0.3 is 0 Å². The molecule has 1 heterocycles. The first kappa shape index (κ1) is 19.1. The molecule has 3 rings (SSSR count). The first-order valence-electron chi connectivity index (χ1n) is 8.38. The lowest BCUT2D eigenvalue weighted by Crippen LogP contribution is -2.30. The Hall–Kier alpha value is -2.63. The Labute approximate surface area is 166 Å². The molecule has 27 heavy (non-hydrogen) atoms. The quantitative estimate of drug-likeness (QED) is 0.648. The summed E-state index contributed by atoms with van der Waals surface area (Å²) in [4.78, 5) is 33.5. The third-order valence-corrected chi connectivity index (χ3v) is 4.92. The van der Waals surface area contributed by atoms with Gasteiger partial charge in [-0.15, -0.1) is 0 Å². The molecule has 0 spiro atoms. The fraction of sp³-hybridized carbons (Fsp3) is 0.150. The van der Waals surface area contributed by atoms with Crippen LogP contribution in [-0.4, -0.2) is 27.3 Å². The van der Waals surface area contributed by atoms with Gasteiger partial charge < -0.3 is 9.88 Å². The van der Waals surface area contributed by atoms with Crippen LogP contribution < -0.4 is 5.56 Å². The Balaban J connectivity index is 1.81. The maximum Gasteiger partial charge on any atom is 0.258 e. The summed E-state index contributed by atoms with van der Waals surface area (Å²) in [6.07, 6.45) is 3.05. The number of H-pyrrole nitrogens is 1. The first-order valence-corrected chi connectivity index (χ1v) is 9.14. The van der Waals surface area contributed by atoms with Crippen molar-refractivity contribution in [3.05, 3.63) is 80.3 Å². The van der Waals surface area contributed by atoms with Crippen LogP contribution in [-0.2, 0) is 11.3 Å². The molecule has 0 aliphatic rings. The fourth-order valence-corrected chi connectivity index (χ4v) is 3.02. The summed E-state index contributed by atoms with van der Waals surface area (Å²) in [5.74, 6) is 0.215. The maximum absolute atomic E-state index is 12.5. The van der Waals surface area contributed by atoms with Crippen LogP contribution in [0, 0.1) is 0 Å². The number of nitrogens with zero attached hydrogens (tertiary/aromatic N) is 2. The van der Waals surface area contributed by atoms with Crippen LogP contribution in [0.4, 0.5) is 0 Å². The number of aromatic amines is 1. The summed E-state index contributed by atoms with van der Waals surface area (Å²) in [7, 11) is 0. The van der Waals surface area contributed by atoms with Crippen LogP contribution in [0.2, 0.25) is 10.0 Å². The van der Waals surface area contributed by atoms with E-state index >= 15 is 0 Å². The van der Waals surface area contributed by atoms with Crippen molar-refractivity contribution in [2.75, 3.05) is 6.54 Å². The molecule has 0 bridgehead atoms. The van der Waals surface area contributed by atoms with E-state index in [4.69, 9.17) is 23.2 Å². The van der Waals surface area contributed by atoms with E-state index in [0.29, 0.717) is 38.9 Å². The number of hydrogen-bond acceptors (Lipinski definition) is 3. The van der Waals surface area contributed by atoms with Gasteiger partial charge in [0.2, 0.25) is 5.91 Å². The first-order chi connectivity index (χ1) is 13.0. The average Bonchev–Trinajstić information content (AvgIpc) is 2.67. The van der Waals surface area contributed by atoms with Gasteiger partial charge in [-0.3, -0.25) is 9.59 Å². The van der Waals surface area contributed by atoms with Crippen molar-refractivity contribution >= 4 is 46.1 Å². The van der Waals surface area contributed by atoms with Crippen molar-refractivity contribution in [1.82, 2.24) is 14.9 Å². The normalized spacial score (nSPS) is 11.2. The molecule has 0 aliphatic carbocycles. The molecule has 0 atom stereocenters. The summed E-state index contributed by atoms with van der Waals surface area (Å²) in [5, 5.41) is 1.34. The number of carbonyl (C=O) groups excluding carboxylic acids is 1. The zero-order chi connectivity index (χ0) is 19.4. The zero-order valence-corrected chi connectivity index (χ0v) is 16.1. The highest BCUT2D eigenvalue weighted by Crippen LogP contribution is 2.26. The lowest BCUT2D eigenvalue weighted by molar-refractivity contribution is -0.126. The van der Waals surface area contributed by atoms with Gasteiger partial charge in [0.25, 0.3) is 5.56 Å². The Bertz CT molecular complexity index is 1080. The van der Waals surface area contributed by atoms with Crippen molar-refractivity contribution in [3.63, 3.8) is 0 Å². The molecule has 0 fully saturated rings. The van der Waals surface area contributed by atoms with E-state index in [9.17, 15) is 9.59 Å². The smallest absolute Gasteiger partial charge is 0.258 e. The Morgan fingerprint density at radius 3 is 2.74 bits per heavy atom. The van der Waals surface area contributed by atoms with Gasteiger partial charge in [-0.05, 0) is 36.8 Å². The Morgan fingerprint density at radius 1 is 1.19 bits per heavy atom. The van der Waals surface area contributed by atoms with Crippen molar-refractivity contribution in [2.45, 2.75) is 13.5 Å². The van der Waals surface area contributed by atoms with Gasteiger partial charge in [0.1, 0.15) is 5.82 Å². The molecule has 5 nitrogen and oxygen atoms in total. The molecule has 3 aromatic rings. The Morgan fingerprint density at radius 2 is 1.96 bits per heavy atom. The van der Waals surface area contributed by atoms with Gasteiger partial charge in [0.05, 0.1) is 27.5 Å². The molecule has 0 saturated carbocycles. The zero-order valence-electron chi connectivity index (χ0n) is 14.6. The number of aromatic nitrogens is 2. The molecule has 1 N–H and O–H groups in total. The van der Waals surface area contributed by atoms with E-state index < -0.39 is 0 Å². The van der Waals surface area contributed by atoms with E-state index in [1.807, 2.05) is 13.0 Å². The summed E-state index contributed by atoms with van der Waals surface area (Å²) in [6, 6.07) is 12.3. The van der Waals surface area contributed by atoms with Gasteiger partial charge in [-0.1, -0.05) is 47.5 Å². The highest BCUT2D eigenvalue weighted by molar-refractivity contribution is 6.42. The summed E-state index contributed by atoms with van der Waals surface area (Å²) in [5.41, 5.74) is 1.03. The average molecular weight is 402 g/mol. The molecular weight excluding hydrogens is 385 g/mol. The summed E-state index contributed by atoms with van der Waals surface area (Å²) >= 11 is 12.1. The molecule has 0 aliphatic heterocycles. The van der Waals surface area contributed by atoms with E-state index in [1.54, 1.807) is 47.4 Å². The number of rotatable bonds is 5. The van der Waals surface area contributed by atoms with Gasteiger partial charge in [0, 0.05) is 12.6 Å². The summed E-state index contributed by atoms with van der Waals surface area (Å²) in [6.45, 7) is 2.52. The van der Waals surface area contributed by atoms with Crippen LogP contribution in [0.5, 0.6) is 0 Å². The second-order valence-corrected chi connectivity index (χ2v) is 6.64. The third-order valence-electron chi connectivity index (χ3n) is 4.08. The summed E-state index contributed by atoms with van der Waals surface area (Å²) < 4.78 is 0. The Kier molecular flexibility index (Phi) is 5.94. The molecule has 2 aromatic carbocycles. The van der Waals surface area contributed by atoms with Crippen LogP contribution in [0.3, 0.4) is 0 Å². The van der Waals surface area contributed by atoms with Crippen molar-refractivity contribution < 1.29 is 4.79 Å². The second kappa shape index (κ2) is 8.37. The number of amides is 1.